The van der Waals surface area contributed by atoms with Gasteiger partial charge in [0.2, 0.25) is 0 Å². The molecule has 10 heteroatoms. The third-order valence-corrected chi connectivity index (χ3v) is 6.37. The summed E-state index contributed by atoms with van der Waals surface area (Å²) in [5, 5.41) is 4.79. The minimum Gasteiger partial charge on any atom is -0.455 e. The quantitative estimate of drug-likeness (QED) is 0.220. The van der Waals surface area contributed by atoms with Crippen LogP contribution in [0.5, 0.6) is 0 Å². The Balaban J connectivity index is 1.99. The summed E-state index contributed by atoms with van der Waals surface area (Å²) in [4.78, 5) is 25.6. The molecule has 2 N–H and O–H groups in total. The lowest BCUT2D eigenvalue weighted by atomic mass is 9.91. The summed E-state index contributed by atoms with van der Waals surface area (Å²) >= 11 is 0. The Labute approximate surface area is 226 Å². The number of alkyl halides is 3. The maximum absolute atomic E-state index is 16.5. The molecule has 1 aromatic heterocycles. The lowest BCUT2D eigenvalue weighted by molar-refractivity contribution is -0.133. The zero-order chi connectivity index (χ0) is 29.2. The lowest BCUT2D eigenvalue weighted by Gasteiger charge is -2.15. The van der Waals surface area contributed by atoms with Crippen molar-refractivity contribution in [2.75, 3.05) is 7.05 Å². The normalized spacial score (nSPS) is 11.5. The molecule has 0 aliphatic heterocycles. The van der Waals surface area contributed by atoms with Crippen LogP contribution >= 0.6 is 0 Å². The molecule has 1 heterocycles. The highest BCUT2D eigenvalue weighted by molar-refractivity contribution is 6.12. The number of furan rings is 1. The van der Waals surface area contributed by atoms with Crippen molar-refractivity contribution >= 4 is 22.8 Å². The molecule has 0 fully saturated rings. The molecule has 0 atom stereocenters. The van der Waals surface area contributed by atoms with Crippen molar-refractivity contribution in [3.63, 3.8) is 0 Å². The van der Waals surface area contributed by atoms with Gasteiger partial charge in [0.05, 0.1) is 10.9 Å². The first kappa shape index (κ1) is 28.5. The molecule has 0 saturated carbocycles. The minimum atomic E-state index is -4.53. The Kier molecular flexibility index (Phi) is 8.08. The molecule has 0 bridgehead atoms. The van der Waals surface area contributed by atoms with Crippen LogP contribution in [0.25, 0.3) is 33.4 Å². The number of aryl methyl sites for hydroxylation is 1. The number of carbonyl (C=O) groups is 2. The van der Waals surface area contributed by atoms with Gasteiger partial charge < -0.3 is 15.1 Å². The number of benzene rings is 3. The summed E-state index contributed by atoms with van der Waals surface area (Å²) < 4.78 is 75.6. The number of allylic oxidation sites excluding steroid dienone is 1. The second-order valence-electron chi connectivity index (χ2n) is 9.10. The predicted octanol–water partition coefficient (Wildman–Crippen LogP) is 7.55. The molecule has 0 spiro atoms. The zero-order valence-corrected chi connectivity index (χ0v) is 21.6. The topological polar surface area (TPSA) is 71.3 Å². The van der Waals surface area contributed by atoms with Crippen molar-refractivity contribution < 1.29 is 36.0 Å². The van der Waals surface area contributed by atoms with Crippen LogP contribution in [0.15, 0.2) is 71.3 Å². The van der Waals surface area contributed by atoms with Gasteiger partial charge in [-0.2, -0.15) is 13.2 Å². The Bertz CT molecular complexity index is 1600. The van der Waals surface area contributed by atoms with Gasteiger partial charge in [-0.05, 0) is 66.4 Å². The zero-order valence-electron chi connectivity index (χ0n) is 21.6. The van der Waals surface area contributed by atoms with Crippen molar-refractivity contribution in [2.24, 2.45) is 0 Å². The Morgan fingerprint density at radius 3 is 2.30 bits per heavy atom. The van der Waals surface area contributed by atoms with Crippen LogP contribution in [-0.4, -0.2) is 25.0 Å². The highest BCUT2D eigenvalue weighted by atomic mass is 19.4. The second-order valence-corrected chi connectivity index (χ2v) is 9.10. The monoisotopic (exact) mass is 556 g/mol. The van der Waals surface area contributed by atoms with Crippen LogP contribution in [0, 0.1) is 11.6 Å². The van der Waals surface area contributed by atoms with Crippen LogP contribution < -0.4 is 10.6 Å². The van der Waals surface area contributed by atoms with Gasteiger partial charge in [0.1, 0.15) is 23.0 Å². The maximum Gasteiger partial charge on any atom is 0.389 e. The summed E-state index contributed by atoms with van der Waals surface area (Å²) in [6.07, 6.45) is -5.87. The van der Waals surface area contributed by atoms with Crippen LogP contribution in [0.3, 0.4) is 0 Å². The Hall–Kier alpha value is -4.47. The number of nitrogens with one attached hydrogen (secondary N) is 2. The fourth-order valence-electron chi connectivity index (χ4n) is 4.33. The molecule has 40 heavy (non-hydrogen) atoms. The number of amides is 2. The van der Waals surface area contributed by atoms with E-state index in [2.05, 4.69) is 17.2 Å². The molecule has 4 aromatic rings. The van der Waals surface area contributed by atoms with Gasteiger partial charge in [-0.15, -0.1) is 0 Å². The third-order valence-electron chi connectivity index (χ3n) is 6.37. The number of halogens is 5. The van der Waals surface area contributed by atoms with E-state index < -0.39 is 42.5 Å². The number of rotatable bonds is 8. The van der Waals surface area contributed by atoms with E-state index in [9.17, 15) is 27.2 Å². The van der Waals surface area contributed by atoms with Crippen LogP contribution in [-0.2, 0) is 6.42 Å². The number of fused-ring (bicyclic) bond motifs is 1. The summed E-state index contributed by atoms with van der Waals surface area (Å²) in [5.41, 5.74) is 0.429. The largest absolute Gasteiger partial charge is 0.455 e. The lowest BCUT2D eigenvalue weighted by Crippen LogP contribution is -2.21. The average molecular weight is 557 g/mol. The Morgan fingerprint density at radius 2 is 1.68 bits per heavy atom. The molecular weight excluding hydrogens is 531 g/mol. The molecule has 3 aromatic carbocycles. The third kappa shape index (κ3) is 5.90. The molecule has 208 valence electrons. The average Bonchev–Trinajstić information content (AvgIpc) is 3.31. The first-order valence-corrected chi connectivity index (χ1v) is 12.4. The van der Waals surface area contributed by atoms with Crippen LogP contribution in [0.2, 0.25) is 0 Å². The van der Waals surface area contributed by atoms with Gasteiger partial charge >= 0.3 is 6.18 Å². The van der Waals surface area contributed by atoms with Gasteiger partial charge in [0.15, 0.2) is 0 Å². The van der Waals surface area contributed by atoms with Gasteiger partial charge in [-0.3, -0.25) is 9.59 Å². The molecule has 5 nitrogen and oxygen atoms in total. The van der Waals surface area contributed by atoms with Crippen molar-refractivity contribution in [3.8, 4) is 22.5 Å². The van der Waals surface area contributed by atoms with Crippen molar-refractivity contribution in [2.45, 2.75) is 32.4 Å². The Morgan fingerprint density at radius 1 is 0.975 bits per heavy atom. The molecular formula is C30H25F5N2O3. The molecule has 2 amide bonds. The number of carbonyl (C=O) groups excluding carboxylic acids is 2. The SMILES string of the molecule is C=C(CC)NC(=O)c1cccc(-c2c(CCC(F)(F)F)cc3oc(-c4ccc(F)cc4)c(C(=O)NC)c3c2F)c1. The van der Waals surface area contributed by atoms with Crippen LogP contribution in [0.4, 0.5) is 22.0 Å². The van der Waals surface area contributed by atoms with Crippen molar-refractivity contribution in [3.05, 3.63) is 95.2 Å². The highest BCUT2D eigenvalue weighted by Crippen LogP contribution is 2.41. The molecule has 0 radical (unpaired) electrons. The summed E-state index contributed by atoms with van der Waals surface area (Å²) in [5.74, 6) is -2.83. The molecule has 0 aliphatic carbocycles. The van der Waals surface area contributed by atoms with E-state index in [4.69, 9.17) is 4.42 Å². The van der Waals surface area contributed by atoms with E-state index in [-0.39, 0.29) is 50.1 Å². The maximum atomic E-state index is 16.5. The van der Waals surface area contributed by atoms with E-state index in [1.807, 2.05) is 0 Å². The van der Waals surface area contributed by atoms with Crippen molar-refractivity contribution in [1.82, 2.24) is 10.6 Å². The smallest absolute Gasteiger partial charge is 0.389 e. The van der Waals surface area contributed by atoms with Gasteiger partial charge in [0, 0.05) is 35.9 Å². The van der Waals surface area contributed by atoms with E-state index >= 15 is 4.39 Å². The van der Waals surface area contributed by atoms with E-state index in [1.165, 1.54) is 49.5 Å². The van der Waals surface area contributed by atoms with E-state index in [1.54, 1.807) is 6.92 Å². The second kappa shape index (κ2) is 11.3. The standard InChI is InChI=1S/C30H25F5N2O3/c1-4-16(2)37-28(38)20-7-5-6-18(14-20)23-19(12-13-30(33,34)35)15-22-24(26(23)32)25(29(39)36-3)27(40-22)17-8-10-21(31)11-9-17/h5-11,14-15H,2,4,12-13H2,1,3H3,(H,36,39)(H,37,38). The van der Waals surface area contributed by atoms with Gasteiger partial charge in [-0.1, -0.05) is 25.6 Å². The highest BCUT2D eigenvalue weighted by Gasteiger charge is 2.31. The predicted molar refractivity (Wildman–Crippen MR) is 142 cm³/mol. The molecule has 0 saturated heterocycles. The number of hydrogen-bond donors (Lipinski definition) is 2. The summed E-state index contributed by atoms with van der Waals surface area (Å²) in [7, 11) is 1.33. The summed E-state index contributed by atoms with van der Waals surface area (Å²) in [6, 6.07) is 12.0. The summed E-state index contributed by atoms with van der Waals surface area (Å²) in [6.45, 7) is 5.53. The first-order valence-electron chi connectivity index (χ1n) is 12.4. The molecule has 4 rings (SSSR count). The molecule has 0 aliphatic rings. The fourth-order valence-corrected chi connectivity index (χ4v) is 4.33. The minimum absolute atomic E-state index is 0.0271. The fraction of sp³-hybridized carbons (Fsp3) is 0.200. The van der Waals surface area contributed by atoms with E-state index in [0.717, 1.165) is 12.1 Å². The van der Waals surface area contributed by atoms with Crippen LogP contribution in [0.1, 0.15) is 46.0 Å². The first-order chi connectivity index (χ1) is 18.9. The van der Waals surface area contributed by atoms with Crippen molar-refractivity contribution in [1.29, 1.82) is 0 Å². The molecule has 0 unspecified atom stereocenters. The van der Waals surface area contributed by atoms with E-state index in [0.29, 0.717) is 12.1 Å². The van der Waals surface area contributed by atoms with Gasteiger partial charge in [0.25, 0.3) is 11.8 Å². The number of hydrogen-bond acceptors (Lipinski definition) is 3. The van der Waals surface area contributed by atoms with Gasteiger partial charge in [-0.25, -0.2) is 8.78 Å².